The van der Waals surface area contributed by atoms with Gasteiger partial charge in [-0.1, -0.05) is 146 Å². The van der Waals surface area contributed by atoms with Gasteiger partial charge >= 0.3 is 0 Å². The number of nitrogens with zero attached hydrogens (tertiary/aromatic N) is 3. The molecule has 3 nitrogen and oxygen atoms in total. The van der Waals surface area contributed by atoms with E-state index in [9.17, 15) is 0 Å². The molecular formula is C55H35N3. The number of pyridine rings is 1. The topological polar surface area (TPSA) is 22.8 Å². The zero-order valence-corrected chi connectivity index (χ0v) is 31.5. The Kier molecular flexibility index (Phi) is 7.23. The van der Waals surface area contributed by atoms with Gasteiger partial charge in [-0.15, -0.1) is 0 Å². The van der Waals surface area contributed by atoms with Crippen LogP contribution in [0.5, 0.6) is 0 Å². The van der Waals surface area contributed by atoms with Crippen molar-refractivity contribution in [1.82, 2.24) is 14.1 Å². The molecule has 0 N–H and O–H groups in total. The van der Waals surface area contributed by atoms with E-state index in [0.717, 1.165) is 45.0 Å². The molecule has 0 aliphatic heterocycles. The van der Waals surface area contributed by atoms with Crippen LogP contribution >= 0.6 is 0 Å². The van der Waals surface area contributed by atoms with Crippen molar-refractivity contribution in [3.63, 3.8) is 0 Å². The fourth-order valence-corrected chi connectivity index (χ4v) is 9.13. The Hall–Kier alpha value is -7.75. The first-order valence-corrected chi connectivity index (χ1v) is 19.9. The zero-order chi connectivity index (χ0) is 38.2. The third-order valence-electron chi connectivity index (χ3n) is 11.8. The first-order valence-electron chi connectivity index (χ1n) is 19.9. The van der Waals surface area contributed by atoms with Crippen LogP contribution in [0.25, 0.3) is 110 Å². The molecule has 0 bridgehead atoms. The van der Waals surface area contributed by atoms with Gasteiger partial charge in [0, 0.05) is 44.0 Å². The lowest BCUT2D eigenvalue weighted by molar-refractivity contribution is 1.18. The van der Waals surface area contributed by atoms with Crippen molar-refractivity contribution in [1.29, 1.82) is 0 Å². The van der Waals surface area contributed by atoms with Gasteiger partial charge in [-0.05, 0) is 99.4 Å². The Morgan fingerprint density at radius 2 is 0.879 bits per heavy atom. The maximum atomic E-state index is 5.21. The quantitative estimate of drug-likeness (QED) is 0.172. The fourth-order valence-electron chi connectivity index (χ4n) is 9.13. The Morgan fingerprint density at radius 1 is 0.293 bits per heavy atom. The molecule has 3 heterocycles. The molecule has 0 unspecified atom stereocenters. The minimum Gasteiger partial charge on any atom is -0.309 e. The summed E-state index contributed by atoms with van der Waals surface area (Å²) >= 11 is 0. The summed E-state index contributed by atoms with van der Waals surface area (Å²) in [6, 6.07) is 76.8. The molecule has 9 aromatic carbocycles. The summed E-state index contributed by atoms with van der Waals surface area (Å²) in [7, 11) is 0. The third-order valence-corrected chi connectivity index (χ3v) is 11.8. The molecule has 0 saturated carbocycles. The summed E-state index contributed by atoms with van der Waals surface area (Å²) in [5.41, 5.74) is 13.6. The predicted octanol–water partition coefficient (Wildman–Crippen LogP) is 14.6. The average molecular weight is 738 g/mol. The number of hydrogen-bond donors (Lipinski definition) is 0. The number of aromatic nitrogens is 3. The number of benzene rings is 9. The van der Waals surface area contributed by atoms with E-state index in [1.807, 2.05) is 0 Å². The second kappa shape index (κ2) is 12.9. The van der Waals surface area contributed by atoms with Crippen LogP contribution in [0.3, 0.4) is 0 Å². The Labute approximate surface area is 335 Å². The largest absolute Gasteiger partial charge is 0.309 e. The van der Waals surface area contributed by atoms with E-state index in [1.54, 1.807) is 0 Å². The van der Waals surface area contributed by atoms with Gasteiger partial charge in [0.05, 0.1) is 33.5 Å². The van der Waals surface area contributed by atoms with Gasteiger partial charge in [-0.25, -0.2) is 4.98 Å². The van der Waals surface area contributed by atoms with Crippen molar-refractivity contribution in [2.45, 2.75) is 0 Å². The molecule has 3 aromatic heterocycles. The maximum Gasteiger partial charge on any atom is 0.0715 e. The van der Waals surface area contributed by atoms with Crippen LogP contribution in [0.2, 0.25) is 0 Å². The summed E-state index contributed by atoms with van der Waals surface area (Å²) in [6.07, 6.45) is 0. The highest BCUT2D eigenvalue weighted by atomic mass is 15.0. The van der Waals surface area contributed by atoms with Crippen LogP contribution in [-0.2, 0) is 0 Å². The van der Waals surface area contributed by atoms with Gasteiger partial charge in [-0.2, -0.15) is 0 Å². The zero-order valence-electron chi connectivity index (χ0n) is 31.5. The number of rotatable bonds is 5. The van der Waals surface area contributed by atoms with E-state index in [1.165, 1.54) is 65.2 Å². The lowest BCUT2D eigenvalue weighted by Crippen LogP contribution is -1.95. The molecule has 0 aliphatic carbocycles. The lowest BCUT2D eigenvalue weighted by atomic mass is 9.97. The van der Waals surface area contributed by atoms with Crippen molar-refractivity contribution < 1.29 is 0 Å². The van der Waals surface area contributed by atoms with Gasteiger partial charge in [0.1, 0.15) is 0 Å². The standard InChI is InChI=1S/C55H35N3/c1-3-14-37(15-4-1)49-34-43(35-50(56-49)42-26-23-36-13-7-8-16-38(36)32-42)40-24-25-41-33-45(28-27-39(41)31-40)58-51-21-11-9-19-46(51)47-29-30-53-54(55(47)58)48-20-10-12-22-52(48)57(53)44-17-5-2-6-18-44/h1-35H. The molecule has 0 amide bonds. The van der Waals surface area contributed by atoms with Crippen molar-refractivity contribution in [2.75, 3.05) is 0 Å². The van der Waals surface area contributed by atoms with Crippen LogP contribution in [0.15, 0.2) is 212 Å². The first-order chi connectivity index (χ1) is 28.7. The minimum absolute atomic E-state index is 0.961. The number of fused-ring (bicyclic) bond motifs is 9. The molecule has 0 saturated heterocycles. The monoisotopic (exact) mass is 737 g/mol. The second-order valence-corrected chi connectivity index (χ2v) is 15.2. The molecule has 3 heteroatoms. The van der Waals surface area contributed by atoms with Gasteiger partial charge in [-0.3, -0.25) is 0 Å². The normalized spacial score (nSPS) is 11.8. The SMILES string of the molecule is c1ccc(-c2cc(-c3ccc4cc(-n5c6ccccc6c6ccc7c(c8ccccc8n7-c7ccccc7)c65)ccc4c3)cc(-c3ccc4ccccc4c3)n2)cc1. The Bertz CT molecular complexity index is 3560. The van der Waals surface area contributed by atoms with E-state index in [2.05, 4.69) is 221 Å². The predicted molar refractivity (Wildman–Crippen MR) is 244 cm³/mol. The van der Waals surface area contributed by atoms with Crippen LogP contribution in [0.4, 0.5) is 0 Å². The van der Waals surface area contributed by atoms with Gasteiger partial charge in [0.25, 0.3) is 0 Å². The van der Waals surface area contributed by atoms with E-state index in [-0.39, 0.29) is 0 Å². The van der Waals surface area contributed by atoms with Crippen LogP contribution in [0, 0.1) is 0 Å². The van der Waals surface area contributed by atoms with Crippen LogP contribution < -0.4 is 0 Å². The molecule has 0 fully saturated rings. The van der Waals surface area contributed by atoms with Crippen molar-refractivity contribution in [2.24, 2.45) is 0 Å². The van der Waals surface area contributed by atoms with Crippen molar-refractivity contribution in [3.8, 4) is 45.0 Å². The summed E-state index contributed by atoms with van der Waals surface area (Å²) in [5.74, 6) is 0. The summed E-state index contributed by atoms with van der Waals surface area (Å²) in [4.78, 5) is 5.21. The van der Waals surface area contributed by atoms with Crippen LogP contribution in [-0.4, -0.2) is 14.1 Å². The lowest BCUT2D eigenvalue weighted by Gasteiger charge is -2.13. The molecule has 0 aliphatic rings. The smallest absolute Gasteiger partial charge is 0.0715 e. The van der Waals surface area contributed by atoms with Crippen molar-refractivity contribution >= 4 is 65.2 Å². The van der Waals surface area contributed by atoms with E-state index < -0.39 is 0 Å². The molecule has 0 radical (unpaired) electrons. The highest BCUT2D eigenvalue weighted by Gasteiger charge is 2.21. The Morgan fingerprint density at radius 3 is 1.71 bits per heavy atom. The first kappa shape index (κ1) is 32.5. The van der Waals surface area contributed by atoms with Crippen LogP contribution in [0.1, 0.15) is 0 Å². The number of hydrogen-bond acceptors (Lipinski definition) is 1. The molecule has 12 aromatic rings. The highest BCUT2D eigenvalue weighted by molar-refractivity contribution is 6.26. The average Bonchev–Trinajstić information content (AvgIpc) is 3.82. The molecule has 12 rings (SSSR count). The van der Waals surface area contributed by atoms with E-state index >= 15 is 0 Å². The Balaban J connectivity index is 1.04. The van der Waals surface area contributed by atoms with Crippen molar-refractivity contribution in [3.05, 3.63) is 212 Å². The van der Waals surface area contributed by atoms with Gasteiger partial charge in [0.2, 0.25) is 0 Å². The second-order valence-electron chi connectivity index (χ2n) is 15.2. The third kappa shape index (κ3) is 5.11. The molecule has 58 heavy (non-hydrogen) atoms. The molecule has 0 spiro atoms. The van der Waals surface area contributed by atoms with Gasteiger partial charge in [0.15, 0.2) is 0 Å². The van der Waals surface area contributed by atoms with Gasteiger partial charge < -0.3 is 9.13 Å². The van der Waals surface area contributed by atoms with E-state index in [0.29, 0.717) is 0 Å². The maximum absolute atomic E-state index is 5.21. The number of para-hydroxylation sites is 3. The summed E-state index contributed by atoms with van der Waals surface area (Å²) < 4.78 is 4.88. The summed E-state index contributed by atoms with van der Waals surface area (Å²) in [6.45, 7) is 0. The minimum atomic E-state index is 0.961. The fraction of sp³-hybridized carbons (Fsp3) is 0. The molecular weight excluding hydrogens is 703 g/mol. The molecule has 0 atom stereocenters. The molecule has 270 valence electrons. The van der Waals surface area contributed by atoms with E-state index in [4.69, 9.17) is 4.98 Å². The highest BCUT2D eigenvalue weighted by Crippen LogP contribution is 2.42. The summed E-state index contributed by atoms with van der Waals surface area (Å²) in [5, 5.41) is 9.83.